The highest BCUT2D eigenvalue weighted by Crippen LogP contribution is 2.20. The smallest absolute Gasteiger partial charge is 0.250 e. The van der Waals surface area contributed by atoms with E-state index in [9.17, 15) is 4.79 Å². The quantitative estimate of drug-likeness (QED) is 0.733. The molecule has 94 valence electrons. The van der Waals surface area contributed by atoms with Gasteiger partial charge in [-0.2, -0.15) is 0 Å². The molecule has 0 bridgehead atoms. The lowest BCUT2D eigenvalue weighted by molar-refractivity contribution is 0.100. The van der Waals surface area contributed by atoms with Crippen molar-refractivity contribution in [2.24, 2.45) is 5.73 Å². The highest BCUT2D eigenvalue weighted by atomic mass is 35.5. The number of amides is 1. The fourth-order valence-electron chi connectivity index (χ4n) is 1.61. The van der Waals surface area contributed by atoms with E-state index in [2.05, 4.69) is 12.2 Å². The van der Waals surface area contributed by atoms with E-state index in [1.54, 1.807) is 12.1 Å². The standard InChI is InChI=1S/C13H19ClN2O/c1-2-3-4-5-8-16-10-6-7-12(14)11(9-10)13(15)17/h6-7,9,16H,2-5,8H2,1H3,(H2,15,17). The van der Waals surface area contributed by atoms with Gasteiger partial charge in [0, 0.05) is 12.2 Å². The molecule has 0 spiro atoms. The molecule has 0 heterocycles. The van der Waals surface area contributed by atoms with Gasteiger partial charge in [-0.25, -0.2) is 0 Å². The number of halogens is 1. The van der Waals surface area contributed by atoms with Crippen molar-refractivity contribution in [1.82, 2.24) is 0 Å². The van der Waals surface area contributed by atoms with Crippen molar-refractivity contribution in [2.75, 3.05) is 11.9 Å². The summed E-state index contributed by atoms with van der Waals surface area (Å²) < 4.78 is 0. The van der Waals surface area contributed by atoms with Gasteiger partial charge in [-0.1, -0.05) is 37.8 Å². The fraction of sp³-hybridized carbons (Fsp3) is 0.462. The molecule has 0 aromatic heterocycles. The van der Waals surface area contributed by atoms with Gasteiger partial charge in [0.05, 0.1) is 10.6 Å². The van der Waals surface area contributed by atoms with Crippen LogP contribution < -0.4 is 11.1 Å². The molecule has 0 radical (unpaired) electrons. The molecule has 1 rings (SSSR count). The third kappa shape index (κ3) is 4.65. The molecule has 0 aliphatic heterocycles. The Balaban J connectivity index is 2.49. The second-order valence-electron chi connectivity index (χ2n) is 4.05. The SMILES string of the molecule is CCCCCCNc1ccc(Cl)c(C(N)=O)c1. The number of rotatable bonds is 7. The van der Waals surface area contributed by atoms with Gasteiger partial charge in [0.2, 0.25) is 5.91 Å². The van der Waals surface area contributed by atoms with E-state index in [4.69, 9.17) is 17.3 Å². The summed E-state index contributed by atoms with van der Waals surface area (Å²) in [5.41, 5.74) is 6.48. The lowest BCUT2D eigenvalue weighted by atomic mass is 10.1. The zero-order valence-electron chi connectivity index (χ0n) is 10.1. The monoisotopic (exact) mass is 254 g/mol. The molecule has 17 heavy (non-hydrogen) atoms. The molecule has 1 amide bonds. The van der Waals surface area contributed by atoms with Crippen LogP contribution in [0.25, 0.3) is 0 Å². The predicted octanol–water partition coefficient (Wildman–Crippen LogP) is 3.43. The molecule has 3 N–H and O–H groups in total. The Morgan fingerprint density at radius 1 is 1.35 bits per heavy atom. The van der Waals surface area contributed by atoms with Gasteiger partial charge in [0.25, 0.3) is 0 Å². The predicted molar refractivity (Wildman–Crippen MR) is 72.6 cm³/mol. The van der Waals surface area contributed by atoms with Crippen LogP contribution in [0.4, 0.5) is 5.69 Å². The molecule has 1 aromatic carbocycles. The van der Waals surface area contributed by atoms with Crippen molar-refractivity contribution in [3.05, 3.63) is 28.8 Å². The van der Waals surface area contributed by atoms with Crippen LogP contribution in [0.5, 0.6) is 0 Å². The molecule has 4 heteroatoms. The van der Waals surface area contributed by atoms with Gasteiger partial charge in [-0.05, 0) is 24.6 Å². The van der Waals surface area contributed by atoms with Gasteiger partial charge >= 0.3 is 0 Å². The summed E-state index contributed by atoms with van der Waals surface area (Å²) in [7, 11) is 0. The third-order valence-corrected chi connectivity index (χ3v) is 2.92. The van der Waals surface area contributed by atoms with E-state index < -0.39 is 5.91 Å². The molecular formula is C13H19ClN2O. The number of hydrogen-bond donors (Lipinski definition) is 2. The minimum Gasteiger partial charge on any atom is -0.385 e. The van der Waals surface area contributed by atoms with Crippen molar-refractivity contribution in [2.45, 2.75) is 32.6 Å². The van der Waals surface area contributed by atoms with Crippen LogP contribution in [-0.2, 0) is 0 Å². The molecule has 0 fully saturated rings. The summed E-state index contributed by atoms with van der Waals surface area (Å²) >= 11 is 5.87. The van der Waals surface area contributed by atoms with Crippen molar-refractivity contribution in [1.29, 1.82) is 0 Å². The average Bonchev–Trinajstić information content (AvgIpc) is 2.30. The first-order valence-electron chi connectivity index (χ1n) is 5.98. The fourth-order valence-corrected chi connectivity index (χ4v) is 1.82. The van der Waals surface area contributed by atoms with Crippen LogP contribution in [0.1, 0.15) is 43.0 Å². The number of hydrogen-bond acceptors (Lipinski definition) is 2. The first kappa shape index (κ1) is 13.8. The molecule has 0 atom stereocenters. The first-order valence-corrected chi connectivity index (χ1v) is 6.36. The summed E-state index contributed by atoms with van der Waals surface area (Å²) in [5.74, 6) is -0.496. The van der Waals surface area contributed by atoms with Crippen LogP contribution in [-0.4, -0.2) is 12.5 Å². The van der Waals surface area contributed by atoms with E-state index in [1.165, 1.54) is 19.3 Å². The van der Waals surface area contributed by atoms with Crippen LogP contribution in [0.3, 0.4) is 0 Å². The minimum absolute atomic E-state index is 0.366. The van der Waals surface area contributed by atoms with Crippen molar-refractivity contribution in [3.63, 3.8) is 0 Å². The zero-order valence-corrected chi connectivity index (χ0v) is 10.9. The molecule has 0 unspecified atom stereocenters. The molecule has 0 aliphatic carbocycles. The van der Waals surface area contributed by atoms with Gasteiger partial charge in [0.1, 0.15) is 0 Å². The number of nitrogens with two attached hydrogens (primary N) is 1. The first-order chi connectivity index (χ1) is 8.15. The van der Waals surface area contributed by atoms with E-state index in [1.807, 2.05) is 6.07 Å². The Labute approximate surface area is 107 Å². The third-order valence-electron chi connectivity index (χ3n) is 2.59. The van der Waals surface area contributed by atoms with Crippen LogP contribution in [0.15, 0.2) is 18.2 Å². The molecule has 3 nitrogen and oxygen atoms in total. The Bertz CT molecular complexity index is 380. The summed E-state index contributed by atoms with van der Waals surface area (Å²) in [6.07, 6.45) is 4.84. The summed E-state index contributed by atoms with van der Waals surface area (Å²) in [6.45, 7) is 3.09. The minimum atomic E-state index is -0.496. The Morgan fingerprint density at radius 2 is 2.12 bits per heavy atom. The molecule has 0 aliphatic rings. The maximum absolute atomic E-state index is 11.1. The van der Waals surface area contributed by atoms with Crippen LogP contribution in [0, 0.1) is 0 Å². The van der Waals surface area contributed by atoms with Gasteiger partial charge in [-0.15, -0.1) is 0 Å². The van der Waals surface area contributed by atoms with E-state index in [0.717, 1.165) is 18.7 Å². The lowest BCUT2D eigenvalue weighted by Crippen LogP contribution is -2.12. The van der Waals surface area contributed by atoms with Gasteiger partial charge < -0.3 is 11.1 Å². The molecule has 1 aromatic rings. The largest absolute Gasteiger partial charge is 0.385 e. The summed E-state index contributed by atoms with van der Waals surface area (Å²) in [5, 5.41) is 3.66. The second-order valence-corrected chi connectivity index (χ2v) is 4.45. The maximum atomic E-state index is 11.1. The normalized spacial score (nSPS) is 10.2. The number of carbonyl (C=O) groups excluding carboxylic acids is 1. The van der Waals surface area contributed by atoms with Crippen molar-refractivity contribution < 1.29 is 4.79 Å². The van der Waals surface area contributed by atoms with Gasteiger partial charge in [-0.3, -0.25) is 4.79 Å². The number of primary amides is 1. The molecule has 0 saturated carbocycles. The topological polar surface area (TPSA) is 55.1 Å². The molecule has 0 saturated heterocycles. The average molecular weight is 255 g/mol. The Morgan fingerprint density at radius 3 is 2.76 bits per heavy atom. The summed E-state index contributed by atoms with van der Waals surface area (Å²) in [6, 6.07) is 5.25. The highest BCUT2D eigenvalue weighted by molar-refractivity contribution is 6.33. The number of nitrogens with one attached hydrogen (secondary N) is 1. The number of carbonyl (C=O) groups is 1. The highest BCUT2D eigenvalue weighted by Gasteiger charge is 2.06. The van der Waals surface area contributed by atoms with Crippen LogP contribution >= 0.6 is 11.6 Å². The zero-order chi connectivity index (χ0) is 12.7. The summed E-state index contributed by atoms with van der Waals surface area (Å²) in [4.78, 5) is 11.1. The van der Waals surface area contributed by atoms with E-state index >= 15 is 0 Å². The number of benzene rings is 1. The van der Waals surface area contributed by atoms with E-state index in [0.29, 0.717) is 10.6 Å². The van der Waals surface area contributed by atoms with Crippen molar-refractivity contribution >= 4 is 23.2 Å². The molecular weight excluding hydrogens is 236 g/mol. The Kier molecular flexibility index (Phi) is 5.84. The number of unbranched alkanes of at least 4 members (excludes halogenated alkanes) is 3. The van der Waals surface area contributed by atoms with E-state index in [-0.39, 0.29) is 0 Å². The van der Waals surface area contributed by atoms with Crippen molar-refractivity contribution in [3.8, 4) is 0 Å². The number of anilines is 1. The van der Waals surface area contributed by atoms with Crippen LogP contribution in [0.2, 0.25) is 5.02 Å². The second kappa shape index (κ2) is 7.17. The Hall–Kier alpha value is -1.22. The lowest BCUT2D eigenvalue weighted by Gasteiger charge is -2.08. The maximum Gasteiger partial charge on any atom is 0.250 e. The van der Waals surface area contributed by atoms with Gasteiger partial charge in [0.15, 0.2) is 0 Å².